The molecule has 0 saturated carbocycles. The van der Waals surface area contributed by atoms with Crippen molar-refractivity contribution in [1.29, 1.82) is 0 Å². The van der Waals surface area contributed by atoms with Gasteiger partial charge in [-0.3, -0.25) is 0 Å². The van der Waals surface area contributed by atoms with Crippen LogP contribution in [0, 0.1) is 6.92 Å². The summed E-state index contributed by atoms with van der Waals surface area (Å²) in [5, 5.41) is 0. The van der Waals surface area contributed by atoms with Gasteiger partial charge in [-0.15, -0.1) is 0 Å². The molecule has 2 rings (SSSR count). The minimum absolute atomic E-state index is 0.296. The molecule has 0 saturated heterocycles. The molecule has 0 heterocycles. The van der Waals surface area contributed by atoms with Crippen LogP contribution in [0.1, 0.15) is 59.8 Å². The number of carbonyl (C=O) groups is 1. The standard InChI is InChI=1S/C22H26O2/c1-6-15(2)17(4)21-14-19(8-7-16(21)3)13-18-9-11-20(12-10-18)22(23)24-5/h7-12,14H,6,13H2,1-5H3/b17-15-. The molecule has 0 aliphatic rings. The van der Waals surface area contributed by atoms with Gasteiger partial charge in [0.05, 0.1) is 12.7 Å². The van der Waals surface area contributed by atoms with Gasteiger partial charge in [0.1, 0.15) is 0 Å². The van der Waals surface area contributed by atoms with E-state index in [-0.39, 0.29) is 5.97 Å². The Hall–Kier alpha value is -2.35. The van der Waals surface area contributed by atoms with Gasteiger partial charge >= 0.3 is 5.97 Å². The Kier molecular flexibility index (Phi) is 5.97. The number of allylic oxidation sites excluding steroid dienone is 2. The lowest BCUT2D eigenvalue weighted by molar-refractivity contribution is 0.0600. The molecule has 24 heavy (non-hydrogen) atoms. The van der Waals surface area contributed by atoms with E-state index in [4.69, 9.17) is 4.74 Å². The van der Waals surface area contributed by atoms with Crippen LogP contribution in [0.2, 0.25) is 0 Å². The van der Waals surface area contributed by atoms with Gasteiger partial charge in [0, 0.05) is 0 Å². The lowest BCUT2D eigenvalue weighted by Gasteiger charge is -2.12. The number of carbonyl (C=O) groups excluding carboxylic acids is 1. The Bertz CT molecular complexity index is 752. The molecule has 0 aromatic heterocycles. The maximum absolute atomic E-state index is 11.5. The molecule has 0 bridgehead atoms. The monoisotopic (exact) mass is 322 g/mol. The molecule has 0 fully saturated rings. The predicted octanol–water partition coefficient (Wildman–Crippen LogP) is 5.58. The second kappa shape index (κ2) is 7.96. The van der Waals surface area contributed by atoms with Crippen LogP contribution in [-0.4, -0.2) is 13.1 Å². The molecule has 0 aliphatic carbocycles. The molecule has 0 N–H and O–H groups in total. The van der Waals surface area contributed by atoms with Crippen LogP contribution in [0.4, 0.5) is 0 Å². The SMILES string of the molecule is CC/C(C)=C(/C)c1cc(Cc2ccc(C(=O)OC)cc2)ccc1C. The van der Waals surface area contributed by atoms with Crippen molar-refractivity contribution in [1.82, 2.24) is 0 Å². The van der Waals surface area contributed by atoms with Crippen LogP contribution < -0.4 is 0 Å². The van der Waals surface area contributed by atoms with Crippen molar-refractivity contribution in [2.24, 2.45) is 0 Å². The molecule has 2 aromatic carbocycles. The highest BCUT2D eigenvalue weighted by Gasteiger charge is 2.07. The Balaban J connectivity index is 2.26. The van der Waals surface area contributed by atoms with Crippen LogP contribution in [0.25, 0.3) is 5.57 Å². The first-order valence-electron chi connectivity index (χ1n) is 8.39. The van der Waals surface area contributed by atoms with Crippen LogP contribution in [0.15, 0.2) is 48.0 Å². The summed E-state index contributed by atoms with van der Waals surface area (Å²) in [5.41, 5.74) is 8.50. The zero-order valence-corrected chi connectivity index (χ0v) is 15.3. The van der Waals surface area contributed by atoms with Gasteiger partial charge in [0.2, 0.25) is 0 Å². The second-order valence-electron chi connectivity index (χ2n) is 6.27. The van der Waals surface area contributed by atoms with Gasteiger partial charge in [-0.2, -0.15) is 0 Å². The van der Waals surface area contributed by atoms with E-state index in [0.717, 1.165) is 12.8 Å². The Morgan fingerprint density at radius 3 is 2.21 bits per heavy atom. The highest BCUT2D eigenvalue weighted by molar-refractivity contribution is 5.89. The number of aryl methyl sites for hydroxylation is 1. The molecule has 0 amide bonds. The highest BCUT2D eigenvalue weighted by Crippen LogP contribution is 2.25. The zero-order valence-electron chi connectivity index (χ0n) is 15.3. The summed E-state index contributed by atoms with van der Waals surface area (Å²) in [4.78, 5) is 11.5. The molecule has 2 nitrogen and oxygen atoms in total. The Morgan fingerprint density at radius 2 is 1.62 bits per heavy atom. The third-order valence-electron chi connectivity index (χ3n) is 4.66. The van der Waals surface area contributed by atoms with Crippen molar-refractivity contribution in [2.75, 3.05) is 7.11 Å². The Labute approximate surface area is 145 Å². The van der Waals surface area contributed by atoms with Crippen molar-refractivity contribution in [2.45, 2.75) is 40.5 Å². The average Bonchev–Trinajstić information content (AvgIpc) is 2.62. The van der Waals surface area contributed by atoms with E-state index >= 15 is 0 Å². The smallest absolute Gasteiger partial charge is 0.337 e. The molecule has 0 atom stereocenters. The summed E-state index contributed by atoms with van der Waals surface area (Å²) in [5.74, 6) is -0.296. The molecule has 2 heteroatoms. The lowest BCUT2D eigenvalue weighted by Crippen LogP contribution is -2.01. The topological polar surface area (TPSA) is 26.3 Å². The highest BCUT2D eigenvalue weighted by atomic mass is 16.5. The fraction of sp³-hybridized carbons (Fsp3) is 0.318. The number of methoxy groups -OCH3 is 1. The third kappa shape index (κ3) is 4.14. The van der Waals surface area contributed by atoms with E-state index in [9.17, 15) is 4.79 Å². The maximum Gasteiger partial charge on any atom is 0.337 e. The molecule has 0 radical (unpaired) electrons. The maximum atomic E-state index is 11.5. The van der Waals surface area contributed by atoms with Gasteiger partial charge in [-0.25, -0.2) is 4.79 Å². The van der Waals surface area contributed by atoms with E-state index in [1.807, 2.05) is 24.3 Å². The number of rotatable bonds is 5. The molecule has 0 unspecified atom stereocenters. The molecule has 0 spiro atoms. The minimum atomic E-state index is -0.296. The van der Waals surface area contributed by atoms with Crippen LogP contribution in [0.3, 0.4) is 0 Å². The van der Waals surface area contributed by atoms with Gasteiger partial charge in [-0.05, 0) is 73.6 Å². The van der Waals surface area contributed by atoms with Gasteiger partial charge < -0.3 is 4.74 Å². The quantitative estimate of drug-likeness (QED) is 0.672. The van der Waals surface area contributed by atoms with E-state index in [1.165, 1.54) is 40.5 Å². The van der Waals surface area contributed by atoms with Crippen LogP contribution in [0.5, 0.6) is 0 Å². The first-order valence-corrected chi connectivity index (χ1v) is 8.39. The van der Waals surface area contributed by atoms with Crippen molar-refractivity contribution >= 4 is 11.5 Å². The van der Waals surface area contributed by atoms with E-state index in [0.29, 0.717) is 5.56 Å². The van der Waals surface area contributed by atoms with Crippen molar-refractivity contribution in [3.63, 3.8) is 0 Å². The number of hydrogen-bond donors (Lipinski definition) is 0. The van der Waals surface area contributed by atoms with E-state index < -0.39 is 0 Å². The molecule has 0 aliphatic heterocycles. The second-order valence-corrected chi connectivity index (χ2v) is 6.27. The minimum Gasteiger partial charge on any atom is -0.465 e. The van der Waals surface area contributed by atoms with Gasteiger partial charge in [0.15, 0.2) is 0 Å². The number of esters is 1. The van der Waals surface area contributed by atoms with Crippen molar-refractivity contribution < 1.29 is 9.53 Å². The van der Waals surface area contributed by atoms with Crippen molar-refractivity contribution in [3.05, 3.63) is 75.9 Å². The molecular weight excluding hydrogens is 296 g/mol. The van der Waals surface area contributed by atoms with Gasteiger partial charge in [0.25, 0.3) is 0 Å². The number of hydrogen-bond acceptors (Lipinski definition) is 2. The summed E-state index contributed by atoms with van der Waals surface area (Å²) in [6.07, 6.45) is 1.93. The zero-order chi connectivity index (χ0) is 17.7. The van der Waals surface area contributed by atoms with E-state index in [1.54, 1.807) is 0 Å². The predicted molar refractivity (Wildman–Crippen MR) is 100 cm³/mol. The molecule has 2 aromatic rings. The van der Waals surface area contributed by atoms with Crippen molar-refractivity contribution in [3.8, 4) is 0 Å². The third-order valence-corrected chi connectivity index (χ3v) is 4.66. The Morgan fingerprint density at radius 1 is 1.00 bits per heavy atom. The molecular formula is C22H26O2. The summed E-state index contributed by atoms with van der Waals surface area (Å²) in [6.45, 7) is 8.76. The largest absolute Gasteiger partial charge is 0.465 e. The summed E-state index contributed by atoms with van der Waals surface area (Å²) >= 11 is 0. The average molecular weight is 322 g/mol. The fourth-order valence-corrected chi connectivity index (χ4v) is 2.79. The first kappa shape index (κ1) is 18.0. The van der Waals surface area contributed by atoms with Crippen LogP contribution in [-0.2, 0) is 11.2 Å². The van der Waals surface area contributed by atoms with E-state index in [2.05, 4.69) is 45.9 Å². The number of benzene rings is 2. The van der Waals surface area contributed by atoms with Crippen LogP contribution >= 0.6 is 0 Å². The number of ether oxygens (including phenoxy) is 1. The first-order chi connectivity index (χ1) is 11.5. The van der Waals surface area contributed by atoms with Gasteiger partial charge in [-0.1, -0.05) is 42.8 Å². The lowest BCUT2D eigenvalue weighted by atomic mass is 9.93. The summed E-state index contributed by atoms with van der Waals surface area (Å²) in [7, 11) is 1.40. The fourth-order valence-electron chi connectivity index (χ4n) is 2.79. The summed E-state index contributed by atoms with van der Waals surface area (Å²) < 4.78 is 4.74. The normalized spacial score (nSPS) is 11.9. The summed E-state index contributed by atoms with van der Waals surface area (Å²) in [6, 6.07) is 14.3. The molecule has 126 valence electrons.